The van der Waals surface area contributed by atoms with Gasteiger partial charge in [0, 0.05) is 32.2 Å². The molecule has 0 unspecified atom stereocenters. The summed E-state index contributed by atoms with van der Waals surface area (Å²) < 4.78 is 67.0. The zero-order valence-electron chi connectivity index (χ0n) is 11.6. The Hall–Kier alpha value is -0.770. The largest absolute Gasteiger partial charge is 0.446 e. The lowest BCUT2D eigenvalue weighted by molar-refractivity contribution is -0.0328. The van der Waals surface area contributed by atoms with Gasteiger partial charge in [-0.15, -0.1) is 0 Å². The molecular formula is C12H16F3NO3S2. The summed E-state index contributed by atoms with van der Waals surface area (Å²) in [5.41, 5.74) is -4.39. The standard InChI is InChI=1S/C12H16F3NO3S2/c1-16(8-3-9-19-2)21(17,18)11-6-4-10(5-7-11)20-12(13,14)15/h4-7H,3,8-9H2,1-2H3. The molecule has 0 aliphatic rings. The molecule has 0 saturated heterocycles. The van der Waals surface area contributed by atoms with Crippen molar-refractivity contribution in [1.82, 2.24) is 4.31 Å². The molecule has 1 aromatic carbocycles. The van der Waals surface area contributed by atoms with E-state index < -0.39 is 15.5 Å². The van der Waals surface area contributed by atoms with Crippen LogP contribution in [0, 0.1) is 0 Å². The van der Waals surface area contributed by atoms with Gasteiger partial charge in [0.15, 0.2) is 0 Å². The van der Waals surface area contributed by atoms with Gasteiger partial charge in [0.25, 0.3) is 0 Å². The summed E-state index contributed by atoms with van der Waals surface area (Å²) in [6.07, 6.45) is 0.536. The maximum Gasteiger partial charge on any atom is 0.446 e. The van der Waals surface area contributed by atoms with E-state index in [4.69, 9.17) is 4.74 Å². The minimum Gasteiger partial charge on any atom is -0.385 e. The summed E-state index contributed by atoms with van der Waals surface area (Å²) in [7, 11) is -0.753. The van der Waals surface area contributed by atoms with E-state index in [9.17, 15) is 21.6 Å². The predicted molar refractivity (Wildman–Crippen MR) is 74.7 cm³/mol. The second kappa shape index (κ2) is 7.48. The number of rotatable bonds is 7. The van der Waals surface area contributed by atoms with Crippen LogP contribution in [0.25, 0.3) is 0 Å². The summed E-state index contributed by atoms with van der Waals surface area (Å²) in [6.45, 7) is 0.705. The van der Waals surface area contributed by atoms with E-state index >= 15 is 0 Å². The molecule has 0 heterocycles. The average Bonchev–Trinajstić information content (AvgIpc) is 2.37. The van der Waals surface area contributed by atoms with Crippen LogP contribution in [0.15, 0.2) is 34.1 Å². The first-order chi connectivity index (χ1) is 9.66. The van der Waals surface area contributed by atoms with Crippen molar-refractivity contribution in [2.45, 2.75) is 21.7 Å². The van der Waals surface area contributed by atoms with Crippen molar-refractivity contribution in [1.29, 1.82) is 0 Å². The van der Waals surface area contributed by atoms with Gasteiger partial charge >= 0.3 is 5.51 Å². The molecule has 1 rings (SSSR count). The van der Waals surface area contributed by atoms with Crippen molar-refractivity contribution in [2.75, 3.05) is 27.3 Å². The Labute approximate surface area is 126 Å². The first kappa shape index (κ1) is 18.3. The monoisotopic (exact) mass is 343 g/mol. The molecule has 120 valence electrons. The summed E-state index contributed by atoms with van der Waals surface area (Å²) in [6, 6.07) is 4.65. The quantitative estimate of drug-likeness (QED) is 0.564. The van der Waals surface area contributed by atoms with E-state index in [0.29, 0.717) is 13.0 Å². The molecule has 9 heteroatoms. The Balaban J connectivity index is 2.80. The Morgan fingerprint density at radius 1 is 1.24 bits per heavy atom. The van der Waals surface area contributed by atoms with Crippen molar-refractivity contribution >= 4 is 21.8 Å². The second-order valence-electron chi connectivity index (χ2n) is 4.19. The van der Waals surface area contributed by atoms with Gasteiger partial charge in [-0.1, -0.05) is 0 Å². The number of hydrogen-bond donors (Lipinski definition) is 0. The third kappa shape index (κ3) is 5.85. The molecule has 4 nitrogen and oxygen atoms in total. The fourth-order valence-corrected chi connectivity index (χ4v) is 3.29. The van der Waals surface area contributed by atoms with Gasteiger partial charge in [-0.25, -0.2) is 12.7 Å². The molecule has 0 atom stereocenters. The Morgan fingerprint density at radius 2 is 1.81 bits per heavy atom. The highest BCUT2D eigenvalue weighted by Crippen LogP contribution is 2.37. The molecule has 0 spiro atoms. The highest BCUT2D eigenvalue weighted by atomic mass is 32.2. The van der Waals surface area contributed by atoms with Gasteiger partial charge in [-0.05, 0) is 42.4 Å². The van der Waals surface area contributed by atoms with Crippen LogP contribution in [0.4, 0.5) is 13.2 Å². The molecule has 0 saturated carbocycles. The lowest BCUT2D eigenvalue weighted by atomic mass is 10.4. The number of nitrogens with zero attached hydrogens (tertiary/aromatic N) is 1. The summed E-state index contributed by atoms with van der Waals surface area (Å²) in [5.74, 6) is 0. The highest BCUT2D eigenvalue weighted by molar-refractivity contribution is 8.00. The lowest BCUT2D eigenvalue weighted by Gasteiger charge is -2.17. The van der Waals surface area contributed by atoms with Crippen molar-refractivity contribution in [3.8, 4) is 0 Å². The maximum absolute atomic E-state index is 12.2. The number of hydrogen-bond acceptors (Lipinski definition) is 4. The molecule has 0 N–H and O–H groups in total. The van der Waals surface area contributed by atoms with Crippen LogP contribution >= 0.6 is 11.8 Å². The molecular weight excluding hydrogens is 327 g/mol. The van der Waals surface area contributed by atoms with Crippen LogP contribution in [0.3, 0.4) is 0 Å². The summed E-state index contributed by atoms with van der Waals surface area (Å²) in [4.78, 5) is -0.0857. The fourth-order valence-electron chi connectivity index (χ4n) is 1.54. The fraction of sp³-hybridized carbons (Fsp3) is 0.500. The van der Waals surface area contributed by atoms with Crippen molar-refractivity contribution in [3.63, 3.8) is 0 Å². The predicted octanol–water partition coefficient (Wildman–Crippen LogP) is 2.96. The van der Waals surface area contributed by atoms with Crippen LogP contribution in [0.1, 0.15) is 6.42 Å². The zero-order chi connectivity index (χ0) is 16.1. The van der Waals surface area contributed by atoms with Crippen LogP contribution in [0.5, 0.6) is 0 Å². The van der Waals surface area contributed by atoms with Crippen molar-refractivity contribution in [3.05, 3.63) is 24.3 Å². The minimum atomic E-state index is -4.39. The lowest BCUT2D eigenvalue weighted by Crippen LogP contribution is -2.28. The SMILES string of the molecule is COCCCN(C)S(=O)(=O)c1ccc(SC(F)(F)F)cc1. The van der Waals surface area contributed by atoms with E-state index in [-0.39, 0.29) is 28.1 Å². The number of alkyl halides is 3. The Morgan fingerprint density at radius 3 is 2.29 bits per heavy atom. The molecule has 0 aromatic heterocycles. The van der Waals surface area contributed by atoms with Gasteiger partial charge in [0.1, 0.15) is 0 Å². The van der Waals surface area contributed by atoms with Crippen LogP contribution in [-0.4, -0.2) is 45.5 Å². The molecule has 0 amide bonds. The first-order valence-corrected chi connectivity index (χ1v) is 8.23. The van der Waals surface area contributed by atoms with Crippen molar-refractivity contribution < 1.29 is 26.3 Å². The molecule has 0 aliphatic heterocycles. The van der Waals surface area contributed by atoms with Crippen LogP contribution in [-0.2, 0) is 14.8 Å². The number of halogens is 3. The number of thioether (sulfide) groups is 1. The maximum atomic E-state index is 12.2. The normalized spacial score (nSPS) is 12.9. The van der Waals surface area contributed by atoms with E-state index in [1.807, 2.05) is 0 Å². The minimum absolute atomic E-state index is 0.0334. The van der Waals surface area contributed by atoms with Crippen molar-refractivity contribution in [2.24, 2.45) is 0 Å². The highest BCUT2D eigenvalue weighted by Gasteiger charge is 2.29. The number of methoxy groups -OCH3 is 1. The van der Waals surface area contributed by atoms with Crippen LogP contribution < -0.4 is 0 Å². The van der Waals surface area contributed by atoms with Gasteiger partial charge in [0.05, 0.1) is 4.90 Å². The third-order valence-corrected chi connectivity index (χ3v) is 5.20. The van der Waals surface area contributed by atoms with Crippen LogP contribution in [0.2, 0.25) is 0 Å². The summed E-state index contributed by atoms with van der Waals surface area (Å²) in [5, 5.41) is 0. The van der Waals surface area contributed by atoms with Gasteiger partial charge in [-0.2, -0.15) is 13.2 Å². The first-order valence-electron chi connectivity index (χ1n) is 5.98. The van der Waals surface area contributed by atoms with E-state index in [1.165, 1.54) is 26.3 Å². The summed E-state index contributed by atoms with van der Waals surface area (Å²) >= 11 is -0.280. The van der Waals surface area contributed by atoms with E-state index in [0.717, 1.165) is 16.4 Å². The Bertz CT molecular complexity index is 544. The topological polar surface area (TPSA) is 46.6 Å². The Kier molecular flexibility index (Phi) is 6.51. The second-order valence-corrected chi connectivity index (χ2v) is 7.38. The zero-order valence-corrected chi connectivity index (χ0v) is 13.2. The van der Waals surface area contributed by atoms with E-state index in [1.54, 1.807) is 0 Å². The third-order valence-electron chi connectivity index (χ3n) is 2.59. The number of benzene rings is 1. The smallest absolute Gasteiger partial charge is 0.385 e. The molecule has 0 fully saturated rings. The van der Waals surface area contributed by atoms with Gasteiger partial charge < -0.3 is 4.74 Å². The van der Waals surface area contributed by atoms with Gasteiger partial charge in [-0.3, -0.25) is 0 Å². The number of ether oxygens (including phenoxy) is 1. The molecule has 1 aromatic rings. The average molecular weight is 343 g/mol. The molecule has 0 aliphatic carbocycles. The van der Waals surface area contributed by atoms with E-state index in [2.05, 4.69) is 0 Å². The number of sulfonamides is 1. The molecule has 0 bridgehead atoms. The molecule has 0 radical (unpaired) electrons. The molecule has 21 heavy (non-hydrogen) atoms. The van der Waals surface area contributed by atoms with Gasteiger partial charge in [0.2, 0.25) is 10.0 Å².